The van der Waals surface area contributed by atoms with Gasteiger partial charge in [-0.25, -0.2) is 9.48 Å². The molecule has 7 heteroatoms. The molecule has 0 aliphatic heterocycles. The van der Waals surface area contributed by atoms with Gasteiger partial charge in [0.1, 0.15) is 5.69 Å². The van der Waals surface area contributed by atoms with E-state index >= 15 is 0 Å². The highest BCUT2D eigenvalue weighted by Gasteiger charge is 2.24. The van der Waals surface area contributed by atoms with E-state index in [1.807, 2.05) is 13.0 Å². The Morgan fingerprint density at radius 3 is 2.86 bits per heavy atom. The molecule has 0 radical (unpaired) electrons. The van der Waals surface area contributed by atoms with Crippen molar-refractivity contribution in [3.8, 4) is 17.1 Å². The van der Waals surface area contributed by atoms with Gasteiger partial charge in [0.15, 0.2) is 5.76 Å². The largest absolute Gasteiger partial charge is 0.476 e. The maximum absolute atomic E-state index is 11.3. The number of benzene rings is 1. The summed E-state index contributed by atoms with van der Waals surface area (Å²) in [6.45, 7) is 1.87. The third-order valence-electron chi connectivity index (χ3n) is 3.03. The molecule has 3 aromatic rings. The van der Waals surface area contributed by atoms with E-state index < -0.39 is 5.97 Å². The summed E-state index contributed by atoms with van der Waals surface area (Å²) >= 11 is 6.01. The van der Waals surface area contributed by atoms with Gasteiger partial charge in [-0.3, -0.25) is 0 Å². The molecule has 0 saturated carbocycles. The summed E-state index contributed by atoms with van der Waals surface area (Å²) in [5, 5.41) is 17.4. The number of rotatable bonds is 3. The summed E-state index contributed by atoms with van der Waals surface area (Å²) in [6, 6.07) is 8.60. The molecule has 106 valence electrons. The molecule has 0 spiro atoms. The van der Waals surface area contributed by atoms with Crippen molar-refractivity contribution in [2.45, 2.75) is 6.92 Å². The summed E-state index contributed by atoms with van der Waals surface area (Å²) in [5.74, 6) is -0.802. The Morgan fingerprint density at radius 1 is 1.38 bits per heavy atom. The molecule has 0 saturated heterocycles. The number of furan rings is 1. The molecule has 6 nitrogen and oxygen atoms in total. The molecule has 21 heavy (non-hydrogen) atoms. The van der Waals surface area contributed by atoms with Crippen LogP contribution in [0.1, 0.15) is 16.1 Å². The predicted molar refractivity (Wildman–Crippen MR) is 75.8 cm³/mol. The predicted octanol–water partition coefficient (Wildman–Crippen LogP) is 3.19. The van der Waals surface area contributed by atoms with Crippen molar-refractivity contribution in [2.75, 3.05) is 0 Å². The molecule has 0 fully saturated rings. The van der Waals surface area contributed by atoms with Crippen LogP contribution < -0.4 is 0 Å². The van der Waals surface area contributed by atoms with Crippen LogP contribution >= 0.6 is 11.6 Å². The molecule has 0 atom stereocenters. The molecule has 2 aromatic heterocycles. The average molecular weight is 304 g/mol. The van der Waals surface area contributed by atoms with Gasteiger partial charge in [0.05, 0.1) is 12.0 Å². The normalized spacial score (nSPS) is 10.8. The number of carboxylic acid groups (broad SMARTS) is 1. The van der Waals surface area contributed by atoms with E-state index in [2.05, 4.69) is 10.3 Å². The highest BCUT2D eigenvalue weighted by Crippen LogP contribution is 2.28. The standard InChI is InChI=1S/C14H10ClN3O3/c1-8-4-5-9(15)7-10(8)18-13(11-3-2-6-21-11)12(14(19)20)16-17-18/h2-7H,1H3,(H,19,20). The lowest BCUT2D eigenvalue weighted by Gasteiger charge is -2.08. The molecule has 0 aliphatic rings. The second-order valence-electron chi connectivity index (χ2n) is 4.41. The Bertz CT molecular complexity index is 809. The Balaban J connectivity index is 2.29. The van der Waals surface area contributed by atoms with Crippen molar-refractivity contribution in [1.29, 1.82) is 0 Å². The van der Waals surface area contributed by atoms with E-state index in [0.29, 0.717) is 16.5 Å². The van der Waals surface area contributed by atoms with Gasteiger partial charge in [0, 0.05) is 5.02 Å². The van der Waals surface area contributed by atoms with Crippen LogP contribution in [0.2, 0.25) is 5.02 Å². The van der Waals surface area contributed by atoms with Gasteiger partial charge in [0.25, 0.3) is 0 Å². The van der Waals surface area contributed by atoms with Crippen LogP contribution in [0.15, 0.2) is 41.0 Å². The Labute approximate surface area is 124 Å². The monoisotopic (exact) mass is 303 g/mol. The molecule has 0 unspecified atom stereocenters. The van der Waals surface area contributed by atoms with E-state index in [0.717, 1.165) is 5.56 Å². The minimum Gasteiger partial charge on any atom is -0.476 e. The van der Waals surface area contributed by atoms with Crippen LogP contribution in [0, 0.1) is 6.92 Å². The average Bonchev–Trinajstić information content (AvgIpc) is 3.08. The van der Waals surface area contributed by atoms with Crippen LogP contribution in [-0.2, 0) is 0 Å². The van der Waals surface area contributed by atoms with Crippen molar-refractivity contribution in [1.82, 2.24) is 15.0 Å². The number of hydrogen-bond donors (Lipinski definition) is 1. The number of aryl methyl sites for hydroxylation is 1. The number of hydrogen-bond acceptors (Lipinski definition) is 4. The number of aromatic carboxylic acids is 1. The topological polar surface area (TPSA) is 81.2 Å². The maximum Gasteiger partial charge on any atom is 0.358 e. The van der Waals surface area contributed by atoms with E-state index in [1.165, 1.54) is 10.9 Å². The molecule has 3 rings (SSSR count). The highest BCUT2D eigenvalue weighted by atomic mass is 35.5. The first-order chi connectivity index (χ1) is 10.1. The summed E-state index contributed by atoms with van der Waals surface area (Å²) < 4.78 is 6.72. The summed E-state index contributed by atoms with van der Waals surface area (Å²) in [5.41, 5.74) is 1.63. The van der Waals surface area contributed by atoms with E-state index in [-0.39, 0.29) is 11.4 Å². The molecule has 1 aromatic carbocycles. The number of aromatic nitrogens is 3. The number of carboxylic acids is 1. The van der Waals surface area contributed by atoms with E-state index in [1.54, 1.807) is 24.3 Å². The fourth-order valence-corrected chi connectivity index (χ4v) is 2.21. The summed E-state index contributed by atoms with van der Waals surface area (Å²) in [7, 11) is 0. The quantitative estimate of drug-likeness (QED) is 0.803. The zero-order valence-electron chi connectivity index (χ0n) is 10.9. The van der Waals surface area contributed by atoms with Gasteiger partial charge in [0.2, 0.25) is 5.69 Å². The second kappa shape index (κ2) is 5.06. The molecule has 0 aliphatic carbocycles. The van der Waals surface area contributed by atoms with Gasteiger partial charge < -0.3 is 9.52 Å². The van der Waals surface area contributed by atoms with Gasteiger partial charge in [-0.15, -0.1) is 5.10 Å². The number of nitrogens with zero attached hydrogens (tertiary/aromatic N) is 3. The zero-order valence-corrected chi connectivity index (χ0v) is 11.7. The Kier molecular flexibility index (Phi) is 3.23. The minimum absolute atomic E-state index is 0.177. The molecular weight excluding hydrogens is 294 g/mol. The maximum atomic E-state index is 11.3. The third kappa shape index (κ3) is 2.30. The van der Waals surface area contributed by atoms with Crippen molar-refractivity contribution in [3.63, 3.8) is 0 Å². The first-order valence-electron chi connectivity index (χ1n) is 6.07. The summed E-state index contributed by atoms with van der Waals surface area (Å²) in [4.78, 5) is 11.3. The van der Waals surface area contributed by atoms with Gasteiger partial charge in [-0.1, -0.05) is 22.9 Å². The van der Waals surface area contributed by atoms with Gasteiger partial charge in [-0.05, 0) is 36.8 Å². The van der Waals surface area contributed by atoms with Crippen LogP contribution in [0.4, 0.5) is 0 Å². The minimum atomic E-state index is -1.17. The van der Waals surface area contributed by atoms with Gasteiger partial charge in [-0.2, -0.15) is 0 Å². The Hall–Kier alpha value is -2.60. The first-order valence-corrected chi connectivity index (χ1v) is 6.45. The van der Waals surface area contributed by atoms with Crippen LogP contribution in [0.25, 0.3) is 17.1 Å². The molecule has 0 amide bonds. The smallest absolute Gasteiger partial charge is 0.358 e. The van der Waals surface area contributed by atoms with Crippen LogP contribution in [0.5, 0.6) is 0 Å². The first kappa shape index (κ1) is 13.4. The van der Waals surface area contributed by atoms with E-state index in [4.69, 9.17) is 16.0 Å². The van der Waals surface area contributed by atoms with Crippen LogP contribution in [-0.4, -0.2) is 26.1 Å². The van der Waals surface area contributed by atoms with Crippen LogP contribution in [0.3, 0.4) is 0 Å². The van der Waals surface area contributed by atoms with Gasteiger partial charge >= 0.3 is 5.97 Å². The molecule has 0 bridgehead atoms. The second-order valence-corrected chi connectivity index (χ2v) is 4.85. The van der Waals surface area contributed by atoms with Crippen molar-refractivity contribution in [2.24, 2.45) is 0 Å². The highest BCUT2D eigenvalue weighted by molar-refractivity contribution is 6.30. The van der Waals surface area contributed by atoms with E-state index in [9.17, 15) is 9.90 Å². The lowest BCUT2D eigenvalue weighted by atomic mass is 10.2. The SMILES string of the molecule is Cc1ccc(Cl)cc1-n1nnc(C(=O)O)c1-c1ccco1. The lowest BCUT2D eigenvalue weighted by molar-refractivity contribution is 0.0691. The number of carbonyl (C=O) groups is 1. The fraction of sp³-hybridized carbons (Fsp3) is 0.0714. The Morgan fingerprint density at radius 2 is 2.19 bits per heavy atom. The third-order valence-corrected chi connectivity index (χ3v) is 3.26. The molecular formula is C14H10ClN3O3. The van der Waals surface area contributed by atoms with Crippen molar-refractivity contribution >= 4 is 17.6 Å². The number of halogens is 1. The van der Waals surface area contributed by atoms with Crippen molar-refractivity contribution in [3.05, 3.63) is 52.9 Å². The zero-order chi connectivity index (χ0) is 15.0. The molecule has 2 heterocycles. The summed E-state index contributed by atoms with van der Waals surface area (Å²) in [6.07, 6.45) is 1.46. The fourth-order valence-electron chi connectivity index (χ4n) is 2.04. The lowest BCUT2D eigenvalue weighted by Crippen LogP contribution is -2.04. The molecule has 1 N–H and O–H groups in total. The van der Waals surface area contributed by atoms with Crippen molar-refractivity contribution < 1.29 is 14.3 Å².